The number of aromatic nitrogens is 1. The van der Waals surface area contributed by atoms with Gasteiger partial charge in [0.05, 0.1) is 12.1 Å². The van der Waals surface area contributed by atoms with Gasteiger partial charge in [-0.05, 0) is 56.0 Å². The van der Waals surface area contributed by atoms with E-state index in [1.165, 1.54) is 24.0 Å². The molecule has 2 N–H and O–H groups in total. The number of hydrogen-bond acceptors (Lipinski definition) is 3. The molecule has 0 saturated carbocycles. The summed E-state index contributed by atoms with van der Waals surface area (Å²) in [7, 11) is -1.05. The van der Waals surface area contributed by atoms with Gasteiger partial charge >= 0.3 is 0 Å². The molecule has 7 heteroatoms. The Kier molecular flexibility index (Phi) is 6.07. The van der Waals surface area contributed by atoms with Crippen LogP contribution in [0.25, 0.3) is 10.9 Å². The molecule has 28 heavy (non-hydrogen) atoms. The number of fused-ring (bicyclic) bond motifs is 1. The third kappa shape index (κ3) is 4.90. The lowest BCUT2D eigenvalue weighted by Gasteiger charge is -2.38. The van der Waals surface area contributed by atoms with Crippen LogP contribution in [0.15, 0.2) is 54.5 Å². The molecule has 152 valence electrons. The van der Waals surface area contributed by atoms with Crippen molar-refractivity contribution in [3.63, 3.8) is 0 Å². The number of piperidine rings is 1. The molecule has 3 rings (SSSR count). The van der Waals surface area contributed by atoms with Gasteiger partial charge in [0.2, 0.25) is 0 Å². The maximum Gasteiger partial charge on any atom is 0.291 e. The number of quaternary nitrogens is 1. The summed E-state index contributed by atoms with van der Waals surface area (Å²) in [5.74, 6) is -0.223. The second-order valence-corrected chi connectivity index (χ2v) is 9.79. The van der Waals surface area contributed by atoms with E-state index >= 15 is 0 Å². The molecular formula is C21H29FN3O2S+. The fourth-order valence-electron chi connectivity index (χ4n) is 3.99. The van der Waals surface area contributed by atoms with Gasteiger partial charge in [-0.15, -0.1) is 0 Å². The number of primary sulfonamides is 1. The van der Waals surface area contributed by atoms with Gasteiger partial charge in [0.15, 0.2) is 0 Å². The van der Waals surface area contributed by atoms with Crippen molar-refractivity contribution in [3.05, 3.63) is 60.1 Å². The Morgan fingerprint density at radius 3 is 2.82 bits per heavy atom. The molecule has 2 heterocycles. The number of halogens is 1. The zero-order valence-corrected chi connectivity index (χ0v) is 17.5. The van der Waals surface area contributed by atoms with Crippen LogP contribution in [0.2, 0.25) is 0 Å². The highest BCUT2D eigenvalue weighted by Gasteiger charge is 2.28. The molecule has 5 nitrogen and oxygen atoms in total. The standard InChI is InChI=1S/C21H28FN3O2S/c1-15(11-16(2)22)20-13-19(8-9-24(20)3)25-10-7-18-6-5-17(12-21(18)25)14-23-28(4,26)27/h5-7,10-12,19-20,23H,1,8-9,13-14H2,2-4H3/p+1/b16-11+. The summed E-state index contributed by atoms with van der Waals surface area (Å²) in [5, 5.41) is 1.14. The molecule has 0 spiro atoms. The van der Waals surface area contributed by atoms with Crippen LogP contribution in [-0.4, -0.2) is 43.8 Å². The van der Waals surface area contributed by atoms with Crippen molar-refractivity contribution in [2.24, 2.45) is 0 Å². The van der Waals surface area contributed by atoms with Gasteiger partial charge in [-0.1, -0.05) is 18.7 Å². The summed E-state index contributed by atoms with van der Waals surface area (Å²) in [6.07, 6.45) is 6.70. The number of hydrogen-bond donors (Lipinski definition) is 1. The number of allylic oxidation sites excluding steroid dienone is 1. The first kappa shape index (κ1) is 20.8. The quantitative estimate of drug-likeness (QED) is 0.751. The molecule has 1 aromatic heterocycles. The van der Waals surface area contributed by atoms with Crippen molar-refractivity contribution in [1.29, 1.82) is 0 Å². The average Bonchev–Trinajstić information content (AvgIpc) is 3.02. The Labute approximate surface area is 166 Å². The van der Waals surface area contributed by atoms with Gasteiger partial charge in [-0.2, -0.15) is 8.42 Å². The van der Waals surface area contributed by atoms with Gasteiger partial charge in [0.1, 0.15) is 6.54 Å². The van der Waals surface area contributed by atoms with E-state index in [1.807, 2.05) is 12.1 Å². The topological polar surface area (TPSA) is 58.9 Å². The number of likely N-dealkylation sites (tertiary alicyclic amines) is 1. The van der Waals surface area contributed by atoms with Gasteiger partial charge in [0, 0.05) is 35.9 Å². The van der Waals surface area contributed by atoms with E-state index in [-0.39, 0.29) is 17.9 Å². The lowest BCUT2D eigenvalue weighted by Crippen LogP contribution is -2.85. The van der Waals surface area contributed by atoms with E-state index in [9.17, 15) is 12.8 Å². The highest BCUT2D eigenvalue weighted by molar-refractivity contribution is 7.83. The van der Waals surface area contributed by atoms with Gasteiger partial charge < -0.3 is 4.57 Å². The number of rotatable bonds is 6. The predicted molar refractivity (Wildman–Crippen MR) is 111 cm³/mol. The van der Waals surface area contributed by atoms with Crippen molar-refractivity contribution in [2.45, 2.75) is 38.4 Å². The van der Waals surface area contributed by atoms with Gasteiger partial charge in [0.25, 0.3) is 10.0 Å². The molecule has 0 amide bonds. The number of nitrogens with zero attached hydrogens (tertiary/aromatic N) is 2. The van der Waals surface area contributed by atoms with E-state index in [4.69, 9.17) is 0 Å². The van der Waals surface area contributed by atoms with Crippen molar-refractivity contribution in [1.82, 2.24) is 9.47 Å². The molecule has 0 radical (unpaired) electrons. The van der Waals surface area contributed by atoms with Crippen molar-refractivity contribution in [3.8, 4) is 0 Å². The molecule has 2 aromatic rings. The predicted octanol–water partition coefficient (Wildman–Crippen LogP) is 2.73. The highest BCUT2D eigenvalue weighted by atomic mass is 32.2. The SMILES string of the molecule is C=C(/C=C(\C)F)C1CC(n2ccc3ccc(C[NH2+]S(C)(=O)=O)cc32)CCN1C. The van der Waals surface area contributed by atoms with Crippen LogP contribution in [0.1, 0.15) is 31.4 Å². The largest absolute Gasteiger partial charge is 0.344 e. The van der Waals surface area contributed by atoms with Crippen LogP contribution < -0.4 is 4.72 Å². The Morgan fingerprint density at radius 1 is 1.39 bits per heavy atom. The molecule has 2 atom stereocenters. The lowest BCUT2D eigenvalue weighted by molar-refractivity contribution is -0.513. The van der Waals surface area contributed by atoms with E-state index < -0.39 is 10.0 Å². The number of likely N-dealkylation sites (N-methyl/N-ethyl adjacent to an activating group) is 1. The van der Waals surface area contributed by atoms with E-state index in [0.717, 1.165) is 41.4 Å². The first-order chi connectivity index (χ1) is 13.1. The zero-order chi connectivity index (χ0) is 20.5. The van der Waals surface area contributed by atoms with Gasteiger partial charge in [-0.3, -0.25) is 4.90 Å². The molecule has 1 fully saturated rings. The Hall–Kier alpha value is -1.96. The fourth-order valence-corrected chi connectivity index (χ4v) is 4.49. The molecule has 2 unspecified atom stereocenters. The van der Waals surface area contributed by atoms with Crippen LogP contribution in [-0.2, 0) is 16.6 Å². The maximum absolute atomic E-state index is 13.3. The minimum atomic E-state index is -3.11. The summed E-state index contributed by atoms with van der Waals surface area (Å²) in [6.45, 7) is 6.83. The number of nitrogens with two attached hydrogens (primary N) is 1. The summed E-state index contributed by atoms with van der Waals surface area (Å²) < 4.78 is 39.8. The average molecular weight is 407 g/mol. The number of sulfonamides is 1. The van der Waals surface area contributed by atoms with E-state index in [2.05, 4.69) is 41.4 Å². The minimum absolute atomic E-state index is 0.101. The monoisotopic (exact) mass is 406 g/mol. The molecule has 1 aliphatic heterocycles. The molecular weight excluding hydrogens is 377 g/mol. The lowest BCUT2D eigenvalue weighted by atomic mass is 9.92. The van der Waals surface area contributed by atoms with Crippen LogP contribution >= 0.6 is 0 Å². The smallest absolute Gasteiger partial charge is 0.291 e. The Morgan fingerprint density at radius 2 is 2.14 bits per heavy atom. The third-order valence-corrected chi connectivity index (χ3v) is 6.23. The van der Waals surface area contributed by atoms with E-state index in [0.29, 0.717) is 6.54 Å². The summed E-state index contributed by atoms with van der Waals surface area (Å²) in [4.78, 5) is 2.23. The Bertz CT molecular complexity index is 1010. The number of benzene rings is 1. The van der Waals surface area contributed by atoms with Crippen LogP contribution in [0.4, 0.5) is 4.39 Å². The van der Waals surface area contributed by atoms with E-state index in [1.54, 1.807) is 0 Å². The third-order valence-electron chi connectivity index (χ3n) is 5.46. The molecule has 1 aliphatic rings. The Balaban J connectivity index is 1.86. The van der Waals surface area contributed by atoms with Crippen molar-refractivity contribution in [2.75, 3.05) is 19.8 Å². The maximum atomic E-state index is 13.3. The van der Waals surface area contributed by atoms with Crippen molar-refractivity contribution < 1.29 is 17.5 Å². The summed E-state index contributed by atoms with van der Waals surface area (Å²) >= 11 is 0. The highest BCUT2D eigenvalue weighted by Crippen LogP contribution is 2.33. The molecule has 0 bridgehead atoms. The summed E-state index contributed by atoms with van der Waals surface area (Å²) in [6, 6.07) is 8.57. The fraction of sp³-hybridized carbons (Fsp3) is 0.429. The molecule has 1 saturated heterocycles. The second-order valence-electron chi connectivity index (χ2n) is 7.80. The van der Waals surface area contributed by atoms with Crippen LogP contribution in [0.5, 0.6) is 0 Å². The minimum Gasteiger partial charge on any atom is -0.344 e. The first-order valence-corrected chi connectivity index (χ1v) is 11.4. The first-order valence-electron chi connectivity index (χ1n) is 9.49. The van der Waals surface area contributed by atoms with Crippen LogP contribution in [0, 0.1) is 0 Å². The second kappa shape index (κ2) is 8.19. The van der Waals surface area contributed by atoms with Gasteiger partial charge in [-0.25, -0.2) is 9.11 Å². The molecule has 1 aromatic carbocycles. The normalized spacial score (nSPS) is 21.9. The van der Waals surface area contributed by atoms with Crippen molar-refractivity contribution >= 4 is 20.9 Å². The zero-order valence-electron chi connectivity index (χ0n) is 16.7. The van der Waals surface area contributed by atoms with Crippen LogP contribution in [0.3, 0.4) is 0 Å². The molecule has 0 aliphatic carbocycles. The summed E-state index contributed by atoms with van der Waals surface area (Å²) in [5.41, 5.74) is 2.88.